The van der Waals surface area contributed by atoms with Crippen LogP contribution >= 0.6 is 0 Å². The molecule has 0 spiro atoms. The van der Waals surface area contributed by atoms with Crippen LogP contribution < -0.4 is 5.73 Å². The van der Waals surface area contributed by atoms with Crippen LogP contribution in [0, 0.1) is 0 Å². The lowest BCUT2D eigenvalue weighted by atomic mass is 10.2. The highest BCUT2D eigenvalue weighted by molar-refractivity contribution is 5.80. The number of hydrogen-bond donors (Lipinski definition) is 2. The summed E-state index contributed by atoms with van der Waals surface area (Å²) >= 11 is 0. The number of fused-ring (bicyclic) bond motifs is 1. The van der Waals surface area contributed by atoms with Gasteiger partial charge in [0.25, 0.3) is 0 Å². The number of halogens is 1. The minimum absolute atomic E-state index is 0.0139. The molecule has 1 aliphatic rings. The first-order chi connectivity index (χ1) is 9.81. The summed E-state index contributed by atoms with van der Waals surface area (Å²) < 4.78 is 16.1. The van der Waals surface area contributed by atoms with Gasteiger partial charge in [0, 0.05) is 6.61 Å². The molecule has 1 fully saturated rings. The molecular formula is C12H20FN5O2. The highest BCUT2D eigenvalue weighted by Crippen LogP contribution is 2.11. The molecule has 0 saturated carbocycles. The van der Waals surface area contributed by atoms with Crippen molar-refractivity contribution in [1.29, 1.82) is 0 Å². The second-order valence-electron chi connectivity index (χ2n) is 3.77. The predicted molar refractivity (Wildman–Crippen MR) is 73.5 cm³/mol. The summed E-state index contributed by atoms with van der Waals surface area (Å²) in [6, 6.07) is 0. The molecule has 1 saturated heterocycles. The van der Waals surface area contributed by atoms with Crippen LogP contribution in [0.1, 0.15) is 26.7 Å². The first kappa shape index (κ1) is 16.3. The zero-order chi connectivity index (χ0) is 14.8. The molecule has 0 amide bonds. The van der Waals surface area contributed by atoms with Crippen LogP contribution in [0.3, 0.4) is 0 Å². The molecule has 112 valence electrons. The average Bonchev–Trinajstić information content (AvgIpc) is 3.14. The van der Waals surface area contributed by atoms with E-state index in [2.05, 4.69) is 24.9 Å². The Morgan fingerprint density at radius 1 is 1.45 bits per heavy atom. The van der Waals surface area contributed by atoms with Crippen molar-refractivity contribution in [3.05, 3.63) is 12.7 Å². The summed E-state index contributed by atoms with van der Waals surface area (Å²) in [5, 5.41) is 0. The van der Waals surface area contributed by atoms with Gasteiger partial charge in [0.15, 0.2) is 11.5 Å². The van der Waals surface area contributed by atoms with Gasteiger partial charge in [-0.2, -0.15) is 4.94 Å². The molecule has 3 rings (SSSR count). The Labute approximate surface area is 116 Å². The van der Waals surface area contributed by atoms with Crippen LogP contribution in [-0.4, -0.2) is 39.3 Å². The molecule has 0 aromatic carbocycles. The van der Waals surface area contributed by atoms with Gasteiger partial charge in [-0.1, -0.05) is 13.8 Å². The number of anilines is 1. The Balaban J connectivity index is 0.000000182. The maximum Gasteiger partial charge on any atom is 0.182 e. The first-order valence-corrected chi connectivity index (χ1v) is 6.56. The van der Waals surface area contributed by atoms with Crippen LogP contribution in [0.15, 0.2) is 12.7 Å². The smallest absolute Gasteiger partial charge is 0.182 e. The number of rotatable bonds is 2. The van der Waals surface area contributed by atoms with Crippen LogP contribution in [-0.2, 0) is 9.68 Å². The zero-order valence-electron chi connectivity index (χ0n) is 11.7. The lowest BCUT2D eigenvalue weighted by molar-refractivity contribution is -0.158. The van der Waals surface area contributed by atoms with E-state index in [-0.39, 0.29) is 12.7 Å². The van der Waals surface area contributed by atoms with Gasteiger partial charge in [-0.15, -0.1) is 0 Å². The van der Waals surface area contributed by atoms with Crippen molar-refractivity contribution in [3.63, 3.8) is 0 Å². The monoisotopic (exact) mass is 285 g/mol. The van der Waals surface area contributed by atoms with Crippen molar-refractivity contribution in [3.8, 4) is 0 Å². The first-order valence-electron chi connectivity index (χ1n) is 6.56. The third-order valence-corrected chi connectivity index (χ3v) is 2.53. The average molecular weight is 285 g/mol. The molecular weight excluding hydrogens is 265 g/mol. The number of aromatic nitrogens is 4. The number of nitrogens with one attached hydrogen (secondary N) is 1. The van der Waals surface area contributed by atoms with Crippen molar-refractivity contribution >= 4 is 17.0 Å². The molecule has 3 heterocycles. The van der Waals surface area contributed by atoms with E-state index in [9.17, 15) is 4.53 Å². The maximum absolute atomic E-state index is 11.1. The molecule has 8 heteroatoms. The van der Waals surface area contributed by atoms with Gasteiger partial charge < -0.3 is 15.5 Å². The summed E-state index contributed by atoms with van der Waals surface area (Å²) in [5.41, 5.74) is 6.78. The fraction of sp³-hybridized carbons (Fsp3) is 0.583. The normalized spacial score (nSPS) is 17.1. The van der Waals surface area contributed by atoms with Crippen LogP contribution in [0.4, 0.5) is 10.3 Å². The van der Waals surface area contributed by atoms with Gasteiger partial charge in [-0.05, 0) is 17.4 Å². The highest BCUT2D eigenvalue weighted by Gasteiger charge is 2.15. The number of aromatic amines is 1. The van der Waals surface area contributed by atoms with Gasteiger partial charge in [0.2, 0.25) is 0 Å². The minimum atomic E-state index is 0.0139. The second-order valence-corrected chi connectivity index (χ2v) is 3.77. The van der Waals surface area contributed by atoms with E-state index in [0.717, 1.165) is 19.4 Å². The Kier molecular flexibility index (Phi) is 7.44. The van der Waals surface area contributed by atoms with Gasteiger partial charge in [-0.3, -0.25) is 0 Å². The van der Waals surface area contributed by atoms with Gasteiger partial charge in [0.05, 0.1) is 12.4 Å². The molecule has 2 aromatic rings. The topological polar surface area (TPSA) is 98.9 Å². The molecule has 1 aliphatic heterocycles. The fourth-order valence-corrected chi connectivity index (χ4v) is 1.63. The quantitative estimate of drug-likeness (QED) is 0.875. The largest absolute Gasteiger partial charge is 0.382 e. The molecule has 0 aliphatic carbocycles. The maximum atomic E-state index is 11.1. The molecule has 7 nitrogen and oxygen atoms in total. The third-order valence-electron chi connectivity index (χ3n) is 2.53. The zero-order valence-corrected chi connectivity index (χ0v) is 11.7. The molecule has 20 heavy (non-hydrogen) atoms. The van der Waals surface area contributed by atoms with Crippen LogP contribution in [0.5, 0.6) is 0 Å². The van der Waals surface area contributed by atoms with E-state index < -0.39 is 0 Å². The van der Waals surface area contributed by atoms with E-state index in [1.807, 2.05) is 13.8 Å². The predicted octanol–water partition coefficient (Wildman–Crippen LogP) is 2.03. The summed E-state index contributed by atoms with van der Waals surface area (Å²) in [6.45, 7) is 4.86. The number of hydrogen-bond acceptors (Lipinski definition) is 6. The van der Waals surface area contributed by atoms with Crippen LogP contribution in [0.25, 0.3) is 11.2 Å². The summed E-state index contributed by atoms with van der Waals surface area (Å²) in [5.74, 6) is 0.433. The fourth-order valence-electron chi connectivity index (χ4n) is 1.63. The highest BCUT2D eigenvalue weighted by atomic mass is 19.3. The summed E-state index contributed by atoms with van der Waals surface area (Å²) in [4.78, 5) is 17.8. The van der Waals surface area contributed by atoms with Crippen molar-refractivity contribution in [2.45, 2.75) is 32.8 Å². The number of nitrogen functional groups attached to an aromatic ring is 1. The Hall–Kier alpha value is -1.80. The van der Waals surface area contributed by atoms with Crippen LogP contribution in [0.2, 0.25) is 0 Å². The van der Waals surface area contributed by atoms with E-state index in [0.29, 0.717) is 17.0 Å². The molecule has 1 atom stereocenters. The van der Waals surface area contributed by atoms with E-state index in [4.69, 9.17) is 10.5 Å². The molecule has 3 N–H and O–H groups in total. The Morgan fingerprint density at radius 2 is 2.25 bits per heavy atom. The second kappa shape index (κ2) is 9.16. The number of nitrogens with zero attached hydrogens (tertiary/aromatic N) is 3. The van der Waals surface area contributed by atoms with E-state index in [1.165, 1.54) is 12.7 Å². The number of nitrogens with two attached hydrogens (primary N) is 1. The van der Waals surface area contributed by atoms with E-state index in [1.54, 1.807) is 0 Å². The molecule has 0 radical (unpaired) electrons. The lowest BCUT2D eigenvalue weighted by Crippen LogP contribution is -2.10. The Morgan fingerprint density at radius 3 is 2.85 bits per heavy atom. The van der Waals surface area contributed by atoms with Gasteiger partial charge >= 0.3 is 0 Å². The van der Waals surface area contributed by atoms with Gasteiger partial charge in [0.1, 0.15) is 18.5 Å². The molecule has 1 unspecified atom stereocenters. The lowest BCUT2D eigenvalue weighted by Gasteiger charge is -2.02. The third kappa shape index (κ3) is 4.71. The summed E-state index contributed by atoms with van der Waals surface area (Å²) in [6.07, 6.45) is 4.91. The SMILES string of the molecule is CC.FOCC1CCCO1.Nc1ncnc2nc[nH]c12. The number of imidazole rings is 1. The summed E-state index contributed by atoms with van der Waals surface area (Å²) in [7, 11) is 0. The molecule has 0 bridgehead atoms. The number of ether oxygens (including phenoxy) is 1. The van der Waals surface area contributed by atoms with Crippen molar-refractivity contribution in [2.24, 2.45) is 0 Å². The van der Waals surface area contributed by atoms with Gasteiger partial charge in [-0.25, -0.2) is 15.0 Å². The Bertz CT molecular complexity index is 487. The standard InChI is InChI=1S/C5H9FO2.C5H5N5.C2H6/c6-8-4-5-2-1-3-7-5;6-4-3-5(9-1-7-3)10-2-8-4;1-2/h5H,1-4H2;1-2H,(H3,6,7,8,9,10);1-2H3. The minimum Gasteiger partial charge on any atom is -0.382 e. The van der Waals surface area contributed by atoms with Crippen molar-refractivity contribution in [2.75, 3.05) is 18.9 Å². The van der Waals surface area contributed by atoms with Crippen molar-refractivity contribution in [1.82, 2.24) is 19.9 Å². The molecule has 2 aromatic heterocycles. The van der Waals surface area contributed by atoms with Crippen molar-refractivity contribution < 1.29 is 14.2 Å². The number of H-pyrrole nitrogens is 1. The van der Waals surface area contributed by atoms with E-state index >= 15 is 0 Å².